The van der Waals surface area contributed by atoms with Crippen molar-refractivity contribution in [2.24, 2.45) is 0 Å². The zero-order valence-corrected chi connectivity index (χ0v) is 23.8. The predicted octanol–water partition coefficient (Wildman–Crippen LogP) is -3.27. The van der Waals surface area contributed by atoms with E-state index in [-0.39, 0.29) is 127 Å². The van der Waals surface area contributed by atoms with E-state index in [4.69, 9.17) is 4.74 Å². The van der Waals surface area contributed by atoms with Crippen LogP contribution in [0.15, 0.2) is 42.5 Å². The fourth-order valence-corrected chi connectivity index (χ4v) is 3.77. The molecule has 2 aromatic rings. The van der Waals surface area contributed by atoms with Crippen molar-refractivity contribution in [2.75, 3.05) is 0 Å². The standard InChI is InChI=1S/C16H17F2O7PS.2K/c17-12-4-6-13(7-5-12)24-14-8-9-15(18)11(10-14)2-1-3-16(25-26(19)20)27(21,22)23;;/h4-10,16,26H,1-3H2,(H,19,20)(H,21,22,23);;/q;2*+1/p-2. The zero-order chi connectivity index (χ0) is 20.0. The molecule has 0 aliphatic carbocycles. The molecular weight excluding hydrogens is 483 g/mol. The van der Waals surface area contributed by atoms with Crippen molar-refractivity contribution in [3.63, 3.8) is 0 Å². The summed E-state index contributed by atoms with van der Waals surface area (Å²) in [5, 5.41) is 0. The molecular formula is C16H15F2K2O7PS. The topological polar surface area (TPSA) is 116 Å². The van der Waals surface area contributed by atoms with Gasteiger partial charge in [-0.1, -0.05) is 0 Å². The van der Waals surface area contributed by atoms with Crippen LogP contribution in [0.4, 0.5) is 8.78 Å². The Hall–Kier alpha value is 1.43. The maximum Gasteiger partial charge on any atom is 1.00 e. The van der Waals surface area contributed by atoms with Gasteiger partial charge in [-0.15, -0.1) is 0 Å². The fourth-order valence-electron chi connectivity index (χ4n) is 2.27. The van der Waals surface area contributed by atoms with Crippen LogP contribution in [0.1, 0.15) is 18.4 Å². The Morgan fingerprint density at radius 3 is 2.17 bits per heavy atom. The molecule has 0 fully saturated rings. The van der Waals surface area contributed by atoms with Gasteiger partial charge in [0, 0.05) is 0 Å². The van der Waals surface area contributed by atoms with E-state index < -0.39 is 41.9 Å². The normalized spacial score (nSPS) is 13.0. The number of benzene rings is 2. The van der Waals surface area contributed by atoms with Gasteiger partial charge < -0.3 is 23.3 Å². The van der Waals surface area contributed by atoms with Crippen molar-refractivity contribution in [3.8, 4) is 11.5 Å². The van der Waals surface area contributed by atoms with Gasteiger partial charge in [0.1, 0.15) is 41.5 Å². The Kier molecular flexibility index (Phi) is 15.3. The quantitative estimate of drug-likeness (QED) is 0.202. The van der Waals surface area contributed by atoms with E-state index in [1.807, 2.05) is 0 Å². The van der Waals surface area contributed by atoms with E-state index >= 15 is 0 Å². The van der Waals surface area contributed by atoms with Gasteiger partial charge in [0.15, 0.2) is 5.44 Å². The molecule has 0 aliphatic rings. The molecule has 0 aliphatic heterocycles. The van der Waals surface area contributed by atoms with Gasteiger partial charge >= 0.3 is 103 Å². The molecule has 2 rings (SSSR count). The van der Waals surface area contributed by atoms with E-state index in [2.05, 4.69) is 4.52 Å². The molecule has 0 bridgehead atoms. The molecule has 29 heavy (non-hydrogen) atoms. The molecule has 7 nitrogen and oxygen atoms in total. The molecule has 0 heterocycles. The molecule has 0 N–H and O–H groups in total. The third-order valence-corrected chi connectivity index (χ3v) is 5.13. The Bertz CT molecular complexity index is 914. The van der Waals surface area contributed by atoms with Crippen LogP contribution in [-0.4, -0.2) is 18.4 Å². The first-order valence-corrected chi connectivity index (χ1v) is 10.4. The third kappa shape index (κ3) is 11.2. The van der Waals surface area contributed by atoms with E-state index in [0.29, 0.717) is 5.75 Å². The SMILES string of the molecule is O=[PH]([O-])OC(CCCc1cc(Oc2ccc(F)cc2)ccc1F)S(=O)(=O)[O-].[K+].[K+]. The van der Waals surface area contributed by atoms with E-state index in [9.17, 15) is 31.2 Å². The molecule has 0 spiro atoms. The molecule has 0 aromatic heterocycles. The van der Waals surface area contributed by atoms with Gasteiger partial charge in [0.2, 0.25) is 0 Å². The summed E-state index contributed by atoms with van der Waals surface area (Å²) in [6.07, 6.45) is -0.410. The molecule has 2 aromatic carbocycles. The predicted molar refractivity (Wildman–Crippen MR) is 89.4 cm³/mol. The Labute approximate surface area is 253 Å². The summed E-state index contributed by atoms with van der Waals surface area (Å²) in [5.41, 5.74) is -1.87. The summed E-state index contributed by atoms with van der Waals surface area (Å²) in [7, 11) is -8.83. The largest absolute Gasteiger partial charge is 1.00 e. The molecule has 0 radical (unpaired) electrons. The van der Waals surface area contributed by atoms with Gasteiger partial charge in [-0.2, -0.15) is 0 Å². The summed E-state index contributed by atoms with van der Waals surface area (Å²) in [5.74, 6) is -0.415. The summed E-state index contributed by atoms with van der Waals surface area (Å²) in [6, 6.07) is 9.06. The van der Waals surface area contributed by atoms with Gasteiger partial charge in [0.25, 0.3) is 0 Å². The van der Waals surface area contributed by atoms with Crippen LogP contribution in [-0.2, 0) is 25.6 Å². The third-order valence-electron chi connectivity index (χ3n) is 3.50. The van der Waals surface area contributed by atoms with Crippen LogP contribution < -0.4 is 112 Å². The van der Waals surface area contributed by atoms with Crippen LogP contribution in [0.3, 0.4) is 0 Å². The van der Waals surface area contributed by atoms with Crippen molar-refractivity contribution in [1.82, 2.24) is 0 Å². The molecule has 0 saturated carbocycles. The van der Waals surface area contributed by atoms with E-state index in [1.54, 1.807) is 0 Å². The number of hydrogen-bond donors (Lipinski definition) is 0. The average molecular weight is 499 g/mol. The van der Waals surface area contributed by atoms with Gasteiger partial charge in [-0.3, -0.25) is 0 Å². The Morgan fingerprint density at radius 1 is 1.03 bits per heavy atom. The van der Waals surface area contributed by atoms with E-state index in [0.717, 1.165) is 6.07 Å². The first-order valence-electron chi connectivity index (χ1n) is 7.69. The van der Waals surface area contributed by atoms with Gasteiger partial charge in [-0.05, 0) is 67.3 Å². The molecule has 2 unspecified atom stereocenters. The Balaban J connectivity index is 0.00000392. The molecule has 0 saturated heterocycles. The molecule has 148 valence electrons. The van der Waals surface area contributed by atoms with Crippen LogP contribution in [0.25, 0.3) is 0 Å². The number of rotatable bonds is 9. The minimum Gasteiger partial charge on any atom is -0.781 e. The maximum atomic E-state index is 13.9. The first kappa shape index (κ1) is 30.4. The van der Waals surface area contributed by atoms with Crippen molar-refractivity contribution < 1.29 is 143 Å². The van der Waals surface area contributed by atoms with Crippen molar-refractivity contribution in [2.45, 2.75) is 24.7 Å². The summed E-state index contributed by atoms with van der Waals surface area (Å²) in [6.45, 7) is 0. The van der Waals surface area contributed by atoms with E-state index in [1.165, 1.54) is 36.4 Å². The Morgan fingerprint density at radius 2 is 1.62 bits per heavy atom. The minimum atomic E-state index is -4.97. The van der Waals surface area contributed by atoms with Gasteiger partial charge in [-0.25, -0.2) is 17.2 Å². The van der Waals surface area contributed by atoms with Crippen molar-refractivity contribution in [3.05, 3.63) is 59.7 Å². The van der Waals surface area contributed by atoms with Crippen LogP contribution in [0, 0.1) is 11.6 Å². The molecule has 13 heteroatoms. The summed E-state index contributed by atoms with van der Waals surface area (Å²) < 4.78 is 79.9. The number of hydrogen-bond acceptors (Lipinski definition) is 7. The first-order chi connectivity index (χ1) is 12.6. The van der Waals surface area contributed by atoms with Crippen LogP contribution in [0.5, 0.6) is 11.5 Å². The number of halogens is 2. The maximum absolute atomic E-state index is 13.9. The second-order valence-electron chi connectivity index (χ2n) is 5.49. The van der Waals surface area contributed by atoms with Gasteiger partial charge in [0.05, 0.1) is 0 Å². The molecule has 2 atom stereocenters. The molecule has 0 amide bonds. The summed E-state index contributed by atoms with van der Waals surface area (Å²) >= 11 is 0. The number of ether oxygens (including phenoxy) is 1. The zero-order valence-electron chi connectivity index (χ0n) is 15.8. The summed E-state index contributed by atoms with van der Waals surface area (Å²) in [4.78, 5) is 10.5. The average Bonchev–Trinajstić information content (AvgIpc) is 2.57. The fraction of sp³-hybridized carbons (Fsp3) is 0.250. The van der Waals surface area contributed by atoms with Crippen molar-refractivity contribution >= 4 is 18.4 Å². The van der Waals surface area contributed by atoms with Crippen molar-refractivity contribution in [1.29, 1.82) is 0 Å². The number of aryl methyl sites for hydroxylation is 1. The van der Waals surface area contributed by atoms with Crippen LogP contribution in [0.2, 0.25) is 0 Å². The second kappa shape index (κ2) is 14.6. The second-order valence-corrected chi connectivity index (χ2v) is 7.74. The monoisotopic (exact) mass is 498 g/mol. The van der Waals surface area contributed by atoms with Crippen LogP contribution >= 0.6 is 8.25 Å². The smallest absolute Gasteiger partial charge is 0.781 e. The minimum absolute atomic E-state index is 0.